The zero-order chi connectivity index (χ0) is 16.7. The number of ether oxygens (including phenoxy) is 2. The number of rotatable bonds is 6. The average Bonchev–Trinajstić information content (AvgIpc) is 2.55. The highest BCUT2D eigenvalue weighted by molar-refractivity contribution is 5.78. The predicted molar refractivity (Wildman–Crippen MR) is 93.8 cm³/mol. The Balaban J connectivity index is 1.70. The third kappa shape index (κ3) is 5.27. The largest absolute Gasteiger partial charge is 0.390 e. The summed E-state index contributed by atoms with van der Waals surface area (Å²) >= 11 is 0. The van der Waals surface area contributed by atoms with Crippen LogP contribution in [0, 0.1) is 5.92 Å². The molecule has 0 amide bonds. The Labute approximate surface area is 138 Å². The first-order chi connectivity index (χ1) is 11.1. The first-order valence-electron chi connectivity index (χ1n) is 8.26. The van der Waals surface area contributed by atoms with E-state index in [9.17, 15) is 5.11 Å². The molecular formula is C19H27NO3. The highest BCUT2D eigenvalue weighted by Gasteiger charge is 2.39. The van der Waals surface area contributed by atoms with E-state index in [1.54, 1.807) is 6.21 Å². The van der Waals surface area contributed by atoms with Gasteiger partial charge in [0.15, 0.2) is 0 Å². The Hall–Kier alpha value is -1.49. The maximum Gasteiger partial charge on any atom is 0.110 e. The summed E-state index contributed by atoms with van der Waals surface area (Å²) in [7, 11) is 0. The number of allylic oxidation sites excluding steroid dienone is 1. The minimum Gasteiger partial charge on any atom is -0.390 e. The van der Waals surface area contributed by atoms with Crippen molar-refractivity contribution in [3.8, 4) is 0 Å². The molecule has 126 valence electrons. The molecule has 1 aliphatic rings. The number of aliphatic hydroxyl groups is 1. The van der Waals surface area contributed by atoms with Crippen LogP contribution < -0.4 is 0 Å². The van der Waals surface area contributed by atoms with Gasteiger partial charge < -0.3 is 14.6 Å². The minimum atomic E-state index is -0.490. The van der Waals surface area contributed by atoms with Crippen LogP contribution in [-0.2, 0) is 9.47 Å². The molecule has 0 aromatic heterocycles. The Bertz CT molecular complexity index is 515. The summed E-state index contributed by atoms with van der Waals surface area (Å²) in [4.78, 5) is 4.30. The second kappa shape index (κ2) is 8.96. The van der Waals surface area contributed by atoms with Gasteiger partial charge in [-0.05, 0) is 25.5 Å². The monoisotopic (exact) mass is 317 g/mol. The zero-order valence-electron chi connectivity index (χ0n) is 14.1. The van der Waals surface area contributed by atoms with Crippen LogP contribution in [0.4, 0.5) is 0 Å². The van der Waals surface area contributed by atoms with Gasteiger partial charge in [-0.15, -0.1) is 0 Å². The van der Waals surface area contributed by atoms with Gasteiger partial charge in [0.25, 0.3) is 0 Å². The van der Waals surface area contributed by atoms with Crippen molar-refractivity contribution in [1.82, 2.24) is 0 Å². The highest BCUT2D eigenvalue weighted by Crippen LogP contribution is 2.27. The van der Waals surface area contributed by atoms with Crippen molar-refractivity contribution in [3.63, 3.8) is 0 Å². The Morgan fingerprint density at radius 2 is 1.91 bits per heavy atom. The SMILES string of the molecule is CC1OC(C)[C@@H](OCC/N=C/C=C/c2ccccc2)[C@@H](O)[C@@H]1C. The van der Waals surface area contributed by atoms with E-state index >= 15 is 0 Å². The molecule has 1 N–H and O–H groups in total. The van der Waals surface area contributed by atoms with E-state index in [4.69, 9.17) is 9.47 Å². The molecule has 0 radical (unpaired) electrons. The van der Waals surface area contributed by atoms with E-state index in [1.165, 1.54) is 0 Å². The Kier molecular flexibility index (Phi) is 6.96. The van der Waals surface area contributed by atoms with Gasteiger partial charge in [-0.2, -0.15) is 0 Å². The number of aliphatic hydroxyl groups excluding tert-OH is 1. The molecule has 1 aliphatic heterocycles. The van der Waals surface area contributed by atoms with Gasteiger partial charge in [0.1, 0.15) is 6.10 Å². The van der Waals surface area contributed by atoms with Crippen molar-refractivity contribution in [3.05, 3.63) is 42.0 Å². The molecule has 5 atom stereocenters. The highest BCUT2D eigenvalue weighted by atomic mass is 16.6. The van der Waals surface area contributed by atoms with Crippen molar-refractivity contribution in [2.45, 2.75) is 45.2 Å². The smallest absolute Gasteiger partial charge is 0.110 e. The molecule has 4 heteroatoms. The summed E-state index contributed by atoms with van der Waals surface area (Å²) in [5, 5.41) is 10.3. The maximum absolute atomic E-state index is 10.3. The van der Waals surface area contributed by atoms with E-state index in [2.05, 4.69) is 4.99 Å². The van der Waals surface area contributed by atoms with Crippen LogP contribution in [0.25, 0.3) is 6.08 Å². The van der Waals surface area contributed by atoms with Crippen molar-refractivity contribution >= 4 is 12.3 Å². The molecule has 0 aliphatic carbocycles. The van der Waals surface area contributed by atoms with E-state index in [0.717, 1.165) is 5.56 Å². The molecule has 2 unspecified atom stereocenters. The van der Waals surface area contributed by atoms with Gasteiger partial charge in [-0.3, -0.25) is 4.99 Å². The van der Waals surface area contributed by atoms with Crippen LogP contribution in [0.2, 0.25) is 0 Å². The summed E-state index contributed by atoms with van der Waals surface area (Å²) < 4.78 is 11.6. The molecule has 2 rings (SSSR count). The van der Waals surface area contributed by atoms with E-state index < -0.39 is 6.10 Å². The van der Waals surface area contributed by atoms with Gasteiger partial charge in [0, 0.05) is 12.1 Å². The third-order valence-electron chi connectivity index (χ3n) is 4.32. The van der Waals surface area contributed by atoms with Gasteiger partial charge in [-0.1, -0.05) is 43.3 Å². The van der Waals surface area contributed by atoms with Crippen LogP contribution in [-0.4, -0.2) is 48.9 Å². The average molecular weight is 317 g/mol. The molecular weight excluding hydrogens is 290 g/mol. The third-order valence-corrected chi connectivity index (χ3v) is 4.32. The van der Waals surface area contributed by atoms with E-state index in [1.807, 2.05) is 63.3 Å². The molecule has 1 heterocycles. The fraction of sp³-hybridized carbons (Fsp3) is 0.526. The predicted octanol–water partition coefficient (Wildman–Crippen LogP) is 2.96. The number of hydrogen-bond acceptors (Lipinski definition) is 4. The fourth-order valence-corrected chi connectivity index (χ4v) is 2.72. The number of nitrogens with zero attached hydrogens (tertiary/aromatic N) is 1. The standard InChI is InChI=1S/C19H27NO3/c1-14-15(2)23-16(3)19(18(14)21)22-13-12-20-11-7-10-17-8-5-4-6-9-17/h4-11,14-16,18-19,21H,12-13H2,1-3H3/b10-7+,20-11+/t14-,15?,16?,18+,19-/m1/s1. The summed E-state index contributed by atoms with van der Waals surface area (Å²) in [5.74, 6) is 0.0773. The van der Waals surface area contributed by atoms with Crippen molar-refractivity contribution in [2.24, 2.45) is 10.9 Å². The van der Waals surface area contributed by atoms with Crippen LogP contribution in [0.15, 0.2) is 41.4 Å². The first kappa shape index (κ1) is 17.9. The summed E-state index contributed by atoms with van der Waals surface area (Å²) in [5.41, 5.74) is 1.15. The lowest BCUT2D eigenvalue weighted by Gasteiger charge is -2.41. The lowest BCUT2D eigenvalue weighted by molar-refractivity contribution is -0.201. The van der Waals surface area contributed by atoms with Gasteiger partial charge in [-0.25, -0.2) is 0 Å². The second-order valence-electron chi connectivity index (χ2n) is 6.06. The summed E-state index contributed by atoms with van der Waals surface area (Å²) in [6, 6.07) is 10.1. The molecule has 4 nitrogen and oxygen atoms in total. The second-order valence-corrected chi connectivity index (χ2v) is 6.06. The van der Waals surface area contributed by atoms with Crippen molar-refractivity contribution in [1.29, 1.82) is 0 Å². The maximum atomic E-state index is 10.3. The van der Waals surface area contributed by atoms with Gasteiger partial charge >= 0.3 is 0 Å². The van der Waals surface area contributed by atoms with Crippen LogP contribution in [0.3, 0.4) is 0 Å². The van der Waals surface area contributed by atoms with Crippen molar-refractivity contribution in [2.75, 3.05) is 13.2 Å². The number of benzene rings is 1. The normalized spacial score (nSPS) is 31.9. The molecule has 1 aromatic rings. The zero-order valence-corrected chi connectivity index (χ0v) is 14.1. The number of hydrogen-bond donors (Lipinski definition) is 1. The molecule has 1 fully saturated rings. The minimum absolute atomic E-state index is 0.0565. The van der Waals surface area contributed by atoms with Crippen LogP contribution in [0.1, 0.15) is 26.3 Å². The van der Waals surface area contributed by atoms with Gasteiger partial charge in [0.05, 0.1) is 31.5 Å². The Morgan fingerprint density at radius 3 is 2.65 bits per heavy atom. The topological polar surface area (TPSA) is 51.0 Å². The van der Waals surface area contributed by atoms with E-state index in [-0.39, 0.29) is 24.2 Å². The Morgan fingerprint density at radius 1 is 1.17 bits per heavy atom. The van der Waals surface area contributed by atoms with Crippen molar-refractivity contribution < 1.29 is 14.6 Å². The molecule has 0 saturated carbocycles. The van der Waals surface area contributed by atoms with E-state index in [0.29, 0.717) is 13.2 Å². The lowest BCUT2D eigenvalue weighted by atomic mass is 9.89. The molecule has 0 bridgehead atoms. The molecule has 0 spiro atoms. The molecule has 1 saturated heterocycles. The van der Waals surface area contributed by atoms with Crippen LogP contribution >= 0.6 is 0 Å². The molecule has 23 heavy (non-hydrogen) atoms. The van der Waals surface area contributed by atoms with Gasteiger partial charge in [0.2, 0.25) is 0 Å². The van der Waals surface area contributed by atoms with Crippen LogP contribution in [0.5, 0.6) is 0 Å². The summed E-state index contributed by atoms with van der Waals surface area (Å²) in [6.45, 7) is 6.97. The lowest BCUT2D eigenvalue weighted by Crippen LogP contribution is -2.52. The number of aliphatic imine (C=N–C) groups is 1. The first-order valence-corrected chi connectivity index (χ1v) is 8.26. The summed E-state index contributed by atoms with van der Waals surface area (Å²) in [6.07, 6.45) is 4.89. The quantitative estimate of drug-likeness (QED) is 0.648. The fourth-order valence-electron chi connectivity index (χ4n) is 2.72. The molecule has 1 aromatic carbocycles.